The second-order valence-corrected chi connectivity index (χ2v) is 7.64. The highest BCUT2D eigenvalue weighted by molar-refractivity contribution is 6.08. The molecule has 3 aromatic rings. The SMILES string of the molecule is Cc1cc(C)c2nc(-c3cnn(C)c3)cc(C(=O)N3CCCCCC3)c2c1. The first-order valence-electron chi connectivity index (χ1n) is 9.73. The maximum atomic E-state index is 13.5. The Hall–Kier alpha value is -2.69. The summed E-state index contributed by atoms with van der Waals surface area (Å²) in [5, 5.41) is 5.22. The Labute approximate surface area is 160 Å². The number of hydrogen-bond acceptors (Lipinski definition) is 3. The topological polar surface area (TPSA) is 51.0 Å². The molecule has 1 fully saturated rings. The van der Waals surface area contributed by atoms with Crippen LogP contribution in [-0.2, 0) is 7.05 Å². The average Bonchev–Trinajstić information content (AvgIpc) is 2.91. The molecule has 1 aliphatic rings. The molecule has 1 aromatic carbocycles. The molecule has 0 saturated carbocycles. The van der Waals surface area contributed by atoms with Crippen LogP contribution in [0.3, 0.4) is 0 Å². The third-order valence-electron chi connectivity index (χ3n) is 5.37. The minimum absolute atomic E-state index is 0.124. The van der Waals surface area contributed by atoms with E-state index in [4.69, 9.17) is 4.98 Å². The van der Waals surface area contributed by atoms with Crippen molar-refractivity contribution in [2.45, 2.75) is 39.5 Å². The summed E-state index contributed by atoms with van der Waals surface area (Å²) in [5.74, 6) is 0.124. The third-order valence-corrected chi connectivity index (χ3v) is 5.37. The van der Waals surface area contributed by atoms with E-state index in [0.29, 0.717) is 0 Å². The van der Waals surface area contributed by atoms with Gasteiger partial charge >= 0.3 is 0 Å². The second kappa shape index (κ2) is 7.14. The predicted octanol–water partition coefficient (Wildman–Crippen LogP) is 4.27. The van der Waals surface area contributed by atoms with E-state index in [1.54, 1.807) is 10.9 Å². The molecule has 140 valence electrons. The maximum absolute atomic E-state index is 13.5. The van der Waals surface area contributed by atoms with Gasteiger partial charge in [0.05, 0.1) is 23.0 Å². The van der Waals surface area contributed by atoms with Crippen LogP contribution in [0.5, 0.6) is 0 Å². The van der Waals surface area contributed by atoms with Gasteiger partial charge in [-0.3, -0.25) is 9.48 Å². The lowest BCUT2D eigenvalue weighted by atomic mass is 9.99. The average molecular weight is 362 g/mol. The molecule has 0 spiro atoms. The summed E-state index contributed by atoms with van der Waals surface area (Å²) in [5.41, 5.74) is 5.65. The molecule has 1 amide bonds. The summed E-state index contributed by atoms with van der Waals surface area (Å²) in [6.07, 6.45) is 8.33. The zero-order chi connectivity index (χ0) is 19.0. The van der Waals surface area contributed by atoms with E-state index in [9.17, 15) is 4.79 Å². The van der Waals surface area contributed by atoms with Gasteiger partial charge in [-0.05, 0) is 44.4 Å². The van der Waals surface area contributed by atoms with Gasteiger partial charge in [-0.15, -0.1) is 0 Å². The molecular formula is C22H26N4O. The van der Waals surface area contributed by atoms with Gasteiger partial charge in [0.25, 0.3) is 5.91 Å². The van der Waals surface area contributed by atoms with Gasteiger partial charge in [-0.25, -0.2) is 4.98 Å². The first-order valence-corrected chi connectivity index (χ1v) is 9.73. The highest BCUT2D eigenvalue weighted by Crippen LogP contribution is 2.29. The van der Waals surface area contributed by atoms with Crippen molar-refractivity contribution in [2.75, 3.05) is 13.1 Å². The quantitative estimate of drug-likeness (QED) is 0.684. The molecule has 4 rings (SSSR count). The summed E-state index contributed by atoms with van der Waals surface area (Å²) >= 11 is 0. The Bertz CT molecular complexity index is 997. The number of aromatic nitrogens is 3. The largest absolute Gasteiger partial charge is 0.339 e. The van der Waals surface area contributed by atoms with Gasteiger partial charge < -0.3 is 4.90 Å². The number of aryl methyl sites for hydroxylation is 3. The number of carbonyl (C=O) groups is 1. The summed E-state index contributed by atoms with van der Waals surface area (Å²) in [6.45, 7) is 5.82. The van der Waals surface area contributed by atoms with Gasteiger partial charge in [-0.1, -0.05) is 24.5 Å². The van der Waals surface area contributed by atoms with Crippen molar-refractivity contribution in [3.63, 3.8) is 0 Å². The van der Waals surface area contributed by atoms with Crippen LogP contribution in [0.25, 0.3) is 22.2 Å². The summed E-state index contributed by atoms with van der Waals surface area (Å²) < 4.78 is 1.76. The van der Waals surface area contributed by atoms with Gasteiger partial charge in [0.2, 0.25) is 0 Å². The molecule has 0 radical (unpaired) electrons. The Kier molecular flexibility index (Phi) is 4.68. The fraction of sp³-hybridized carbons (Fsp3) is 0.409. The van der Waals surface area contributed by atoms with Crippen molar-refractivity contribution in [1.29, 1.82) is 0 Å². The van der Waals surface area contributed by atoms with Crippen LogP contribution >= 0.6 is 0 Å². The summed E-state index contributed by atoms with van der Waals surface area (Å²) in [6, 6.07) is 6.17. The van der Waals surface area contributed by atoms with E-state index < -0.39 is 0 Å². The molecule has 27 heavy (non-hydrogen) atoms. The van der Waals surface area contributed by atoms with Crippen LogP contribution < -0.4 is 0 Å². The van der Waals surface area contributed by atoms with Crippen molar-refractivity contribution >= 4 is 16.8 Å². The van der Waals surface area contributed by atoms with Crippen molar-refractivity contribution in [3.8, 4) is 11.3 Å². The number of rotatable bonds is 2. The maximum Gasteiger partial charge on any atom is 0.254 e. The number of amides is 1. The molecule has 3 heterocycles. The molecule has 1 saturated heterocycles. The van der Waals surface area contributed by atoms with Gasteiger partial charge in [0.1, 0.15) is 0 Å². The molecule has 0 atom stereocenters. The Morgan fingerprint density at radius 2 is 1.78 bits per heavy atom. The smallest absolute Gasteiger partial charge is 0.254 e. The van der Waals surface area contributed by atoms with Crippen molar-refractivity contribution in [1.82, 2.24) is 19.7 Å². The Balaban J connectivity index is 1.89. The van der Waals surface area contributed by atoms with Crippen LogP contribution in [0.4, 0.5) is 0 Å². The molecule has 0 aliphatic carbocycles. The number of hydrogen-bond donors (Lipinski definition) is 0. The molecule has 0 unspecified atom stereocenters. The number of fused-ring (bicyclic) bond motifs is 1. The lowest BCUT2D eigenvalue weighted by Crippen LogP contribution is -2.32. The zero-order valence-corrected chi connectivity index (χ0v) is 16.3. The highest BCUT2D eigenvalue weighted by Gasteiger charge is 2.22. The molecule has 2 aromatic heterocycles. The number of nitrogens with zero attached hydrogens (tertiary/aromatic N) is 4. The fourth-order valence-electron chi connectivity index (χ4n) is 4.00. The van der Waals surface area contributed by atoms with E-state index in [2.05, 4.69) is 31.1 Å². The number of pyridine rings is 1. The lowest BCUT2D eigenvalue weighted by molar-refractivity contribution is 0.0763. The van der Waals surface area contributed by atoms with E-state index in [-0.39, 0.29) is 5.91 Å². The lowest BCUT2D eigenvalue weighted by Gasteiger charge is -2.22. The molecular weight excluding hydrogens is 336 g/mol. The first-order chi connectivity index (χ1) is 13.0. The number of benzene rings is 1. The highest BCUT2D eigenvalue weighted by atomic mass is 16.2. The van der Waals surface area contributed by atoms with Gasteiger partial charge in [0.15, 0.2) is 0 Å². The van der Waals surface area contributed by atoms with Crippen LogP contribution in [0.2, 0.25) is 0 Å². The summed E-state index contributed by atoms with van der Waals surface area (Å²) in [4.78, 5) is 20.4. The Morgan fingerprint density at radius 3 is 2.44 bits per heavy atom. The van der Waals surface area contributed by atoms with E-state index in [1.807, 2.05) is 24.2 Å². The predicted molar refractivity (Wildman–Crippen MR) is 108 cm³/mol. The third kappa shape index (κ3) is 3.46. The molecule has 0 bridgehead atoms. The number of carbonyl (C=O) groups excluding carboxylic acids is 1. The minimum Gasteiger partial charge on any atom is -0.339 e. The van der Waals surface area contributed by atoms with E-state index >= 15 is 0 Å². The molecule has 0 N–H and O–H groups in total. The van der Waals surface area contributed by atoms with Crippen LogP contribution in [0.1, 0.15) is 47.2 Å². The minimum atomic E-state index is 0.124. The first kappa shape index (κ1) is 17.7. The molecule has 1 aliphatic heterocycles. The van der Waals surface area contributed by atoms with E-state index in [0.717, 1.165) is 64.8 Å². The monoisotopic (exact) mass is 362 g/mol. The fourth-order valence-corrected chi connectivity index (χ4v) is 4.00. The normalized spacial score (nSPS) is 15.1. The number of likely N-dealkylation sites (tertiary alicyclic amines) is 1. The zero-order valence-electron chi connectivity index (χ0n) is 16.3. The standard InChI is InChI=1S/C22H26N4O/c1-15-10-16(2)21-18(11-15)19(22(27)26-8-6-4-5-7-9-26)12-20(24-21)17-13-23-25(3)14-17/h10-14H,4-9H2,1-3H3. The van der Waals surface area contributed by atoms with E-state index in [1.165, 1.54) is 12.8 Å². The second-order valence-electron chi connectivity index (χ2n) is 7.64. The van der Waals surface area contributed by atoms with Crippen molar-refractivity contribution in [3.05, 3.63) is 47.3 Å². The van der Waals surface area contributed by atoms with Crippen LogP contribution in [-0.4, -0.2) is 38.7 Å². The van der Waals surface area contributed by atoms with Crippen LogP contribution in [0.15, 0.2) is 30.6 Å². The summed E-state index contributed by atoms with van der Waals surface area (Å²) in [7, 11) is 1.89. The van der Waals surface area contributed by atoms with Gasteiger partial charge in [0, 0.05) is 37.3 Å². The Morgan fingerprint density at radius 1 is 1.04 bits per heavy atom. The molecule has 5 heteroatoms. The van der Waals surface area contributed by atoms with Crippen molar-refractivity contribution < 1.29 is 4.79 Å². The van der Waals surface area contributed by atoms with Gasteiger partial charge in [-0.2, -0.15) is 5.10 Å². The molecule has 5 nitrogen and oxygen atoms in total. The van der Waals surface area contributed by atoms with Crippen LogP contribution in [0, 0.1) is 13.8 Å². The van der Waals surface area contributed by atoms with Crippen molar-refractivity contribution in [2.24, 2.45) is 7.05 Å².